The maximum atomic E-state index is 14.3. The summed E-state index contributed by atoms with van der Waals surface area (Å²) in [6, 6.07) is 7.72. The summed E-state index contributed by atoms with van der Waals surface area (Å²) >= 11 is 1.42. The Morgan fingerprint density at radius 3 is 2.87 bits per heavy atom. The minimum Gasteiger partial charge on any atom is -0.355 e. The van der Waals surface area contributed by atoms with Gasteiger partial charge in [0.25, 0.3) is 5.91 Å². The van der Waals surface area contributed by atoms with Crippen LogP contribution in [0, 0.1) is 12.7 Å². The molecule has 5 heterocycles. The highest BCUT2D eigenvalue weighted by Crippen LogP contribution is 2.31. The Morgan fingerprint density at radius 1 is 1.26 bits per heavy atom. The average molecular weight is 439 g/mol. The number of halogens is 1. The SMILES string of the molecule is Cc1cn2cc(C(=O)Nc3cc4ccc(N5CC[C@H](N(C)C)C5)nc4s3)cc(F)c2n1. The molecule has 160 valence electrons. The fourth-order valence-corrected chi connectivity index (χ4v) is 4.93. The molecule has 1 atom stereocenters. The Balaban J connectivity index is 1.37. The van der Waals surface area contributed by atoms with E-state index in [1.54, 1.807) is 19.3 Å². The highest BCUT2D eigenvalue weighted by Gasteiger charge is 2.25. The molecule has 0 spiro atoms. The molecule has 0 aromatic carbocycles. The Morgan fingerprint density at radius 2 is 2.10 bits per heavy atom. The van der Waals surface area contributed by atoms with E-state index < -0.39 is 5.82 Å². The first-order valence-corrected chi connectivity index (χ1v) is 11.0. The molecule has 1 saturated heterocycles. The van der Waals surface area contributed by atoms with Crippen molar-refractivity contribution < 1.29 is 9.18 Å². The van der Waals surface area contributed by atoms with Crippen molar-refractivity contribution in [3.8, 4) is 0 Å². The third-order valence-corrected chi connectivity index (χ3v) is 6.67. The number of aryl methyl sites for hydroxylation is 1. The van der Waals surface area contributed by atoms with Gasteiger partial charge >= 0.3 is 0 Å². The Bertz CT molecular complexity index is 1300. The maximum absolute atomic E-state index is 14.3. The minimum atomic E-state index is -0.523. The lowest BCUT2D eigenvalue weighted by Crippen LogP contribution is -2.31. The highest BCUT2D eigenvalue weighted by molar-refractivity contribution is 7.22. The van der Waals surface area contributed by atoms with Gasteiger partial charge in [0.1, 0.15) is 10.6 Å². The summed E-state index contributed by atoms with van der Waals surface area (Å²) in [5.41, 5.74) is 1.14. The van der Waals surface area contributed by atoms with Crippen LogP contribution in [0.25, 0.3) is 15.9 Å². The summed E-state index contributed by atoms with van der Waals surface area (Å²) in [7, 11) is 4.22. The molecule has 7 nitrogen and oxygen atoms in total. The van der Waals surface area contributed by atoms with Crippen LogP contribution in [0.3, 0.4) is 0 Å². The molecule has 0 aliphatic carbocycles. The molecular formula is C22H23FN6OS. The van der Waals surface area contributed by atoms with Gasteiger partial charge in [0.15, 0.2) is 11.5 Å². The van der Waals surface area contributed by atoms with Crippen molar-refractivity contribution in [3.05, 3.63) is 53.7 Å². The largest absolute Gasteiger partial charge is 0.355 e. The number of imidazole rings is 1. The standard InChI is InChI=1S/C22H23FN6OS/c1-13-10-29-11-15(8-17(23)20(29)24-13)21(30)26-19-9-14-4-5-18(25-22(14)31-19)28-7-6-16(12-28)27(2)3/h4-5,8-11,16H,6-7,12H2,1-3H3,(H,26,30)/t16-/m0/s1. The molecule has 5 rings (SSSR count). The van der Waals surface area contributed by atoms with Crippen molar-refractivity contribution in [3.63, 3.8) is 0 Å². The first-order chi connectivity index (χ1) is 14.9. The zero-order chi connectivity index (χ0) is 21.7. The number of anilines is 2. The first kappa shape index (κ1) is 19.9. The lowest BCUT2D eigenvalue weighted by atomic mass is 10.2. The number of nitrogens with zero attached hydrogens (tertiary/aromatic N) is 5. The second-order valence-corrected chi connectivity index (χ2v) is 9.20. The van der Waals surface area contributed by atoms with Gasteiger partial charge in [-0.15, -0.1) is 0 Å². The number of hydrogen-bond donors (Lipinski definition) is 1. The van der Waals surface area contributed by atoms with Crippen LogP contribution < -0.4 is 10.2 Å². The van der Waals surface area contributed by atoms with Crippen molar-refractivity contribution in [1.29, 1.82) is 0 Å². The zero-order valence-corrected chi connectivity index (χ0v) is 18.4. The molecule has 0 bridgehead atoms. The molecule has 31 heavy (non-hydrogen) atoms. The Hall–Kier alpha value is -3.04. The Kier molecular flexibility index (Phi) is 4.86. The molecule has 1 fully saturated rings. The number of rotatable bonds is 4. The predicted molar refractivity (Wildman–Crippen MR) is 122 cm³/mol. The van der Waals surface area contributed by atoms with Gasteiger partial charge in [0, 0.05) is 36.9 Å². The van der Waals surface area contributed by atoms with E-state index in [4.69, 9.17) is 4.98 Å². The van der Waals surface area contributed by atoms with Gasteiger partial charge in [0.05, 0.1) is 16.3 Å². The Labute approximate surface area is 183 Å². The van der Waals surface area contributed by atoms with Gasteiger partial charge < -0.3 is 19.5 Å². The van der Waals surface area contributed by atoms with Crippen LogP contribution in [-0.2, 0) is 0 Å². The van der Waals surface area contributed by atoms with Gasteiger partial charge in [-0.05, 0) is 51.7 Å². The minimum absolute atomic E-state index is 0.214. The third kappa shape index (κ3) is 3.75. The van der Waals surface area contributed by atoms with Gasteiger partial charge in [-0.3, -0.25) is 4.79 Å². The van der Waals surface area contributed by atoms with Crippen molar-refractivity contribution in [2.45, 2.75) is 19.4 Å². The molecular weight excluding hydrogens is 415 g/mol. The fraction of sp³-hybridized carbons (Fsp3) is 0.318. The summed E-state index contributed by atoms with van der Waals surface area (Å²) in [6.45, 7) is 3.73. The van der Waals surface area contributed by atoms with Crippen molar-refractivity contribution in [2.24, 2.45) is 0 Å². The lowest BCUT2D eigenvalue weighted by Gasteiger charge is -2.21. The summed E-state index contributed by atoms with van der Waals surface area (Å²) in [6.07, 6.45) is 4.40. The number of fused-ring (bicyclic) bond motifs is 2. The number of aromatic nitrogens is 3. The van der Waals surface area contributed by atoms with Crippen LogP contribution in [0.5, 0.6) is 0 Å². The molecule has 4 aromatic rings. The monoisotopic (exact) mass is 438 g/mol. The van der Waals surface area contributed by atoms with Crippen LogP contribution in [-0.4, -0.2) is 58.4 Å². The van der Waals surface area contributed by atoms with Gasteiger partial charge in [-0.2, -0.15) is 0 Å². The van der Waals surface area contributed by atoms with Crippen LogP contribution >= 0.6 is 11.3 Å². The van der Waals surface area contributed by atoms with Gasteiger partial charge in [-0.1, -0.05) is 11.3 Å². The normalized spacial score (nSPS) is 16.7. The maximum Gasteiger partial charge on any atom is 0.257 e. The molecule has 0 radical (unpaired) electrons. The van der Waals surface area contributed by atoms with E-state index in [1.807, 2.05) is 18.2 Å². The van der Waals surface area contributed by atoms with E-state index in [9.17, 15) is 9.18 Å². The number of amides is 1. The van der Waals surface area contributed by atoms with Crippen molar-refractivity contribution in [1.82, 2.24) is 19.3 Å². The van der Waals surface area contributed by atoms with E-state index in [-0.39, 0.29) is 17.1 Å². The van der Waals surface area contributed by atoms with E-state index in [1.165, 1.54) is 21.8 Å². The fourth-order valence-electron chi connectivity index (χ4n) is 4.00. The lowest BCUT2D eigenvalue weighted by molar-refractivity contribution is 0.102. The number of likely N-dealkylation sites (N-methyl/N-ethyl adjacent to an activating group) is 1. The van der Waals surface area contributed by atoms with E-state index >= 15 is 0 Å². The van der Waals surface area contributed by atoms with Gasteiger partial charge in [0.2, 0.25) is 0 Å². The number of carbonyl (C=O) groups excluding carboxylic acids is 1. The summed E-state index contributed by atoms with van der Waals surface area (Å²) in [4.78, 5) is 27.1. The number of pyridine rings is 2. The number of nitrogens with one attached hydrogen (secondary N) is 1. The highest BCUT2D eigenvalue weighted by atomic mass is 32.1. The van der Waals surface area contributed by atoms with Crippen LogP contribution in [0.2, 0.25) is 0 Å². The molecule has 4 aromatic heterocycles. The van der Waals surface area contributed by atoms with Crippen LogP contribution in [0.1, 0.15) is 22.5 Å². The van der Waals surface area contributed by atoms with E-state index in [0.29, 0.717) is 16.7 Å². The topological polar surface area (TPSA) is 65.8 Å². The molecule has 0 unspecified atom stereocenters. The number of carbonyl (C=O) groups is 1. The molecule has 0 saturated carbocycles. The predicted octanol–water partition coefficient (Wildman–Crippen LogP) is 3.78. The summed E-state index contributed by atoms with van der Waals surface area (Å²) < 4.78 is 15.9. The van der Waals surface area contributed by atoms with Crippen LogP contribution in [0.4, 0.5) is 15.2 Å². The summed E-state index contributed by atoms with van der Waals surface area (Å²) in [5, 5.41) is 4.53. The quantitative estimate of drug-likeness (QED) is 0.525. The third-order valence-electron chi connectivity index (χ3n) is 5.71. The first-order valence-electron chi connectivity index (χ1n) is 10.2. The molecule has 1 N–H and O–H groups in total. The van der Waals surface area contributed by atoms with Crippen molar-refractivity contribution in [2.75, 3.05) is 37.4 Å². The average Bonchev–Trinajstić information content (AvgIpc) is 3.44. The van der Waals surface area contributed by atoms with E-state index in [2.05, 4.69) is 34.2 Å². The molecule has 1 aliphatic rings. The second-order valence-electron chi connectivity index (χ2n) is 8.17. The van der Waals surface area contributed by atoms with Crippen LogP contribution in [0.15, 0.2) is 36.7 Å². The second kappa shape index (κ2) is 7.58. The van der Waals surface area contributed by atoms with Gasteiger partial charge in [-0.25, -0.2) is 14.4 Å². The molecule has 9 heteroatoms. The smallest absolute Gasteiger partial charge is 0.257 e. The number of hydrogen-bond acceptors (Lipinski definition) is 6. The molecule has 1 aliphatic heterocycles. The van der Waals surface area contributed by atoms with Crippen molar-refractivity contribution >= 4 is 43.9 Å². The van der Waals surface area contributed by atoms with E-state index in [0.717, 1.165) is 35.5 Å². The summed E-state index contributed by atoms with van der Waals surface area (Å²) in [5.74, 6) is 0.0666. The number of thiophene rings is 1. The molecule has 1 amide bonds. The zero-order valence-electron chi connectivity index (χ0n) is 17.6.